The SMILES string of the molecule is CN(C)c1ccc(/C=N/NC(=O)c2ccccc2Nc2ccnc(C(F)(F)F)c2)cc1. The van der Waals surface area contributed by atoms with Crippen LogP contribution in [0.4, 0.5) is 30.2 Å². The summed E-state index contributed by atoms with van der Waals surface area (Å²) in [6.07, 6.45) is -2.00. The zero-order valence-corrected chi connectivity index (χ0v) is 16.8. The van der Waals surface area contributed by atoms with Gasteiger partial charge < -0.3 is 10.2 Å². The number of para-hydroxylation sites is 1. The Hall–Kier alpha value is -3.88. The molecule has 6 nitrogen and oxygen atoms in total. The van der Waals surface area contributed by atoms with Crippen molar-refractivity contribution < 1.29 is 18.0 Å². The number of benzene rings is 2. The molecule has 0 radical (unpaired) electrons. The van der Waals surface area contributed by atoms with Crippen LogP contribution in [0.2, 0.25) is 0 Å². The molecule has 31 heavy (non-hydrogen) atoms. The number of nitrogens with one attached hydrogen (secondary N) is 2. The van der Waals surface area contributed by atoms with Gasteiger partial charge in [-0.2, -0.15) is 18.3 Å². The summed E-state index contributed by atoms with van der Waals surface area (Å²) < 4.78 is 38.6. The van der Waals surface area contributed by atoms with Gasteiger partial charge in [0.25, 0.3) is 5.91 Å². The largest absolute Gasteiger partial charge is 0.433 e. The van der Waals surface area contributed by atoms with Crippen molar-refractivity contribution in [3.63, 3.8) is 0 Å². The van der Waals surface area contributed by atoms with E-state index < -0.39 is 17.8 Å². The number of alkyl halides is 3. The lowest BCUT2D eigenvalue weighted by Gasteiger charge is -2.12. The second-order valence-corrected chi connectivity index (χ2v) is 6.78. The molecular formula is C22H20F3N5O. The average molecular weight is 427 g/mol. The summed E-state index contributed by atoms with van der Waals surface area (Å²) in [5, 5.41) is 6.80. The molecule has 0 spiro atoms. The minimum absolute atomic E-state index is 0.159. The number of rotatable bonds is 6. The molecule has 0 saturated heterocycles. The normalized spacial score (nSPS) is 11.4. The molecule has 0 aliphatic rings. The Morgan fingerprint density at radius 2 is 1.77 bits per heavy atom. The third-order valence-corrected chi connectivity index (χ3v) is 4.29. The molecule has 0 unspecified atom stereocenters. The van der Waals surface area contributed by atoms with E-state index in [0.717, 1.165) is 23.5 Å². The van der Waals surface area contributed by atoms with Gasteiger partial charge in [0.15, 0.2) is 0 Å². The summed E-state index contributed by atoms with van der Waals surface area (Å²) in [6, 6.07) is 16.3. The average Bonchev–Trinajstić information content (AvgIpc) is 2.74. The number of hydrazone groups is 1. The Balaban J connectivity index is 1.72. The molecule has 0 fully saturated rings. The second kappa shape index (κ2) is 9.29. The van der Waals surface area contributed by atoms with E-state index in [2.05, 4.69) is 20.8 Å². The van der Waals surface area contributed by atoms with Crippen LogP contribution in [-0.4, -0.2) is 31.2 Å². The maximum Gasteiger partial charge on any atom is 0.433 e. The second-order valence-electron chi connectivity index (χ2n) is 6.78. The molecule has 3 aromatic rings. The Morgan fingerprint density at radius 3 is 2.45 bits per heavy atom. The molecule has 1 aromatic heterocycles. The number of carbonyl (C=O) groups is 1. The molecule has 0 aliphatic heterocycles. The Morgan fingerprint density at radius 1 is 1.06 bits per heavy atom. The Labute approximate surface area is 177 Å². The zero-order valence-electron chi connectivity index (χ0n) is 16.8. The van der Waals surface area contributed by atoms with Gasteiger partial charge in [-0.3, -0.25) is 9.78 Å². The van der Waals surface area contributed by atoms with Crippen molar-refractivity contribution in [2.24, 2.45) is 5.10 Å². The van der Waals surface area contributed by atoms with Gasteiger partial charge in [-0.05, 0) is 42.0 Å². The molecule has 0 aliphatic carbocycles. The third-order valence-electron chi connectivity index (χ3n) is 4.29. The van der Waals surface area contributed by atoms with Gasteiger partial charge in [0.1, 0.15) is 5.69 Å². The predicted molar refractivity (Wildman–Crippen MR) is 115 cm³/mol. The zero-order chi connectivity index (χ0) is 22.4. The fourth-order valence-corrected chi connectivity index (χ4v) is 2.69. The number of nitrogens with zero attached hydrogens (tertiary/aromatic N) is 3. The fraction of sp³-hybridized carbons (Fsp3) is 0.136. The van der Waals surface area contributed by atoms with Crippen molar-refractivity contribution in [2.45, 2.75) is 6.18 Å². The van der Waals surface area contributed by atoms with Gasteiger partial charge >= 0.3 is 6.18 Å². The lowest BCUT2D eigenvalue weighted by Crippen LogP contribution is -2.19. The first-order valence-corrected chi connectivity index (χ1v) is 9.24. The van der Waals surface area contributed by atoms with Gasteiger partial charge in [-0.1, -0.05) is 24.3 Å². The topological polar surface area (TPSA) is 69.6 Å². The lowest BCUT2D eigenvalue weighted by molar-refractivity contribution is -0.141. The fourth-order valence-electron chi connectivity index (χ4n) is 2.69. The van der Waals surface area contributed by atoms with E-state index in [-0.39, 0.29) is 11.3 Å². The summed E-state index contributed by atoms with van der Waals surface area (Å²) >= 11 is 0. The smallest absolute Gasteiger partial charge is 0.378 e. The summed E-state index contributed by atoms with van der Waals surface area (Å²) in [7, 11) is 3.87. The van der Waals surface area contributed by atoms with E-state index in [1.807, 2.05) is 43.3 Å². The highest BCUT2D eigenvalue weighted by Crippen LogP contribution is 2.30. The summed E-state index contributed by atoms with van der Waals surface area (Å²) in [5.41, 5.74) is 3.97. The number of carbonyl (C=O) groups excluding carboxylic acids is 1. The van der Waals surface area contributed by atoms with Crippen LogP contribution in [0.25, 0.3) is 0 Å². The van der Waals surface area contributed by atoms with Crippen molar-refractivity contribution in [1.82, 2.24) is 10.4 Å². The van der Waals surface area contributed by atoms with Crippen LogP contribution < -0.4 is 15.6 Å². The van der Waals surface area contributed by atoms with Crippen molar-refractivity contribution >= 4 is 29.2 Å². The lowest BCUT2D eigenvalue weighted by atomic mass is 10.1. The van der Waals surface area contributed by atoms with Crippen molar-refractivity contribution in [3.8, 4) is 0 Å². The molecule has 2 N–H and O–H groups in total. The first kappa shape index (κ1) is 21.8. The highest BCUT2D eigenvalue weighted by molar-refractivity contribution is 6.00. The molecule has 3 rings (SSSR count). The summed E-state index contributed by atoms with van der Waals surface area (Å²) in [5.74, 6) is -0.505. The van der Waals surface area contributed by atoms with E-state index in [1.165, 1.54) is 12.3 Å². The highest BCUT2D eigenvalue weighted by atomic mass is 19.4. The number of hydrogen-bond donors (Lipinski definition) is 2. The number of halogens is 3. The molecule has 9 heteroatoms. The molecule has 0 saturated carbocycles. The highest BCUT2D eigenvalue weighted by Gasteiger charge is 2.32. The van der Waals surface area contributed by atoms with Gasteiger partial charge in [0, 0.05) is 31.7 Å². The molecular weight excluding hydrogens is 407 g/mol. The van der Waals surface area contributed by atoms with Crippen LogP contribution in [0.5, 0.6) is 0 Å². The van der Waals surface area contributed by atoms with Crippen LogP contribution in [0.3, 0.4) is 0 Å². The van der Waals surface area contributed by atoms with E-state index in [9.17, 15) is 18.0 Å². The van der Waals surface area contributed by atoms with Crippen LogP contribution >= 0.6 is 0 Å². The van der Waals surface area contributed by atoms with Crippen LogP contribution in [-0.2, 0) is 6.18 Å². The first-order chi connectivity index (χ1) is 14.7. The van der Waals surface area contributed by atoms with E-state index >= 15 is 0 Å². The Bertz CT molecular complexity index is 1080. The van der Waals surface area contributed by atoms with Gasteiger partial charge in [-0.15, -0.1) is 0 Å². The van der Waals surface area contributed by atoms with E-state index in [4.69, 9.17) is 0 Å². The Kier molecular flexibility index (Phi) is 6.54. The molecule has 0 atom stereocenters. The number of aromatic nitrogens is 1. The summed E-state index contributed by atoms with van der Waals surface area (Å²) in [4.78, 5) is 17.8. The molecule has 2 aromatic carbocycles. The summed E-state index contributed by atoms with van der Waals surface area (Å²) in [6.45, 7) is 0. The maximum absolute atomic E-state index is 12.9. The minimum atomic E-state index is -4.56. The predicted octanol–water partition coefficient (Wildman–Crippen LogP) is 4.67. The minimum Gasteiger partial charge on any atom is -0.378 e. The number of hydrogen-bond acceptors (Lipinski definition) is 5. The molecule has 1 heterocycles. The quantitative estimate of drug-likeness (QED) is 0.443. The van der Waals surface area contributed by atoms with Crippen LogP contribution in [0, 0.1) is 0 Å². The monoisotopic (exact) mass is 427 g/mol. The third kappa shape index (κ3) is 5.81. The number of amides is 1. The van der Waals surface area contributed by atoms with Gasteiger partial charge in [0.05, 0.1) is 17.5 Å². The van der Waals surface area contributed by atoms with Crippen molar-refractivity contribution in [2.75, 3.05) is 24.3 Å². The molecule has 0 bridgehead atoms. The first-order valence-electron chi connectivity index (χ1n) is 9.24. The van der Waals surface area contributed by atoms with E-state index in [1.54, 1.807) is 24.3 Å². The molecule has 1 amide bonds. The molecule has 160 valence electrons. The maximum atomic E-state index is 12.9. The standard InChI is InChI=1S/C22H20F3N5O/c1-30(2)17-9-7-15(8-10-17)14-27-29-21(31)18-5-3-4-6-19(18)28-16-11-12-26-20(13-16)22(23,24)25/h3-14H,1-2H3,(H,26,28)(H,29,31)/b27-14+. The van der Waals surface area contributed by atoms with E-state index in [0.29, 0.717) is 5.69 Å². The van der Waals surface area contributed by atoms with Crippen molar-refractivity contribution in [3.05, 3.63) is 83.7 Å². The number of pyridine rings is 1. The number of anilines is 3. The van der Waals surface area contributed by atoms with Gasteiger partial charge in [-0.25, -0.2) is 5.43 Å². The van der Waals surface area contributed by atoms with Gasteiger partial charge in [0.2, 0.25) is 0 Å². The van der Waals surface area contributed by atoms with Crippen molar-refractivity contribution in [1.29, 1.82) is 0 Å². The van der Waals surface area contributed by atoms with Crippen LogP contribution in [0.1, 0.15) is 21.6 Å². The van der Waals surface area contributed by atoms with Crippen LogP contribution in [0.15, 0.2) is 72.0 Å².